The van der Waals surface area contributed by atoms with E-state index in [0.717, 1.165) is 42.9 Å². The normalized spacial score (nSPS) is 18.1. The molecule has 0 unspecified atom stereocenters. The summed E-state index contributed by atoms with van der Waals surface area (Å²) in [5, 5.41) is 12.7. The quantitative estimate of drug-likeness (QED) is 0.582. The van der Waals surface area contributed by atoms with Crippen LogP contribution in [0.5, 0.6) is 11.5 Å². The smallest absolute Gasteiger partial charge is 0.227 e. The Morgan fingerprint density at radius 2 is 1.79 bits per heavy atom. The minimum atomic E-state index is -0.0581. The third-order valence-corrected chi connectivity index (χ3v) is 6.41. The molecule has 0 spiro atoms. The number of rotatable bonds is 5. The van der Waals surface area contributed by atoms with E-state index < -0.39 is 0 Å². The number of amides is 1. The van der Waals surface area contributed by atoms with Crippen LogP contribution in [-0.4, -0.2) is 69.6 Å². The number of hydrogen-bond donors (Lipinski definition) is 0. The van der Waals surface area contributed by atoms with Gasteiger partial charge < -0.3 is 19.3 Å². The number of fused-ring (bicyclic) bond motifs is 1. The Kier molecular flexibility index (Phi) is 5.80. The van der Waals surface area contributed by atoms with Gasteiger partial charge in [-0.05, 0) is 54.7 Å². The summed E-state index contributed by atoms with van der Waals surface area (Å²) in [5.74, 6) is 2.96. The van der Waals surface area contributed by atoms with Crippen LogP contribution in [-0.2, 0) is 17.8 Å². The minimum absolute atomic E-state index is 0.0581. The van der Waals surface area contributed by atoms with Crippen LogP contribution in [0, 0.1) is 5.92 Å². The molecular weight excluding hydrogens is 422 g/mol. The molecule has 4 heterocycles. The van der Waals surface area contributed by atoms with Gasteiger partial charge in [-0.3, -0.25) is 4.79 Å². The third kappa shape index (κ3) is 4.20. The molecule has 10 nitrogen and oxygen atoms in total. The maximum atomic E-state index is 13.4. The van der Waals surface area contributed by atoms with Crippen LogP contribution in [0.2, 0.25) is 0 Å². The summed E-state index contributed by atoms with van der Waals surface area (Å²) < 4.78 is 12.4. The molecule has 2 aliphatic rings. The Morgan fingerprint density at radius 1 is 1.03 bits per heavy atom. The SMILES string of the molecule is COc1cc2c(cc1OC)CN(C(=O)[C@H]1CCCN(c3ccc(-n4cncn4)nn3)C1)CC2. The van der Waals surface area contributed by atoms with Crippen LogP contribution in [0.4, 0.5) is 5.82 Å². The van der Waals surface area contributed by atoms with Crippen LogP contribution in [0.3, 0.4) is 0 Å². The van der Waals surface area contributed by atoms with Crippen molar-refractivity contribution in [2.75, 3.05) is 38.8 Å². The zero-order valence-corrected chi connectivity index (χ0v) is 18.8. The van der Waals surface area contributed by atoms with Crippen molar-refractivity contribution in [3.63, 3.8) is 0 Å². The lowest BCUT2D eigenvalue weighted by Gasteiger charge is -2.37. The lowest BCUT2D eigenvalue weighted by Crippen LogP contribution is -2.46. The van der Waals surface area contributed by atoms with E-state index in [1.807, 2.05) is 29.2 Å². The molecule has 1 amide bonds. The summed E-state index contributed by atoms with van der Waals surface area (Å²) in [4.78, 5) is 21.5. The molecule has 0 radical (unpaired) electrons. The van der Waals surface area contributed by atoms with Gasteiger partial charge in [0.2, 0.25) is 5.91 Å². The first-order chi connectivity index (χ1) is 16.2. The van der Waals surface area contributed by atoms with Crippen LogP contribution < -0.4 is 14.4 Å². The molecule has 0 saturated carbocycles. The van der Waals surface area contributed by atoms with Gasteiger partial charge in [-0.15, -0.1) is 10.2 Å². The number of hydrogen-bond acceptors (Lipinski definition) is 8. The highest BCUT2D eigenvalue weighted by atomic mass is 16.5. The summed E-state index contributed by atoms with van der Waals surface area (Å²) in [5.41, 5.74) is 2.33. The van der Waals surface area contributed by atoms with Crippen molar-refractivity contribution >= 4 is 11.7 Å². The van der Waals surface area contributed by atoms with E-state index in [1.54, 1.807) is 25.2 Å². The highest BCUT2D eigenvalue weighted by Crippen LogP contribution is 2.34. The third-order valence-electron chi connectivity index (χ3n) is 6.41. The minimum Gasteiger partial charge on any atom is -0.493 e. The van der Waals surface area contributed by atoms with Crippen molar-refractivity contribution in [2.24, 2.45) is 5.92 Å². The Bertz CT molecular complexity index is 1120. The molecule has 10 heteroatoms. The van der Waals surface area contributed by atoms with E-state index >= 15 is 0 Å². The maximum Gasteiger partial charge on any atom is 0.227 e. The fourth-order valence-corrected chi connectivity index (χ4v) is 4.65. The Labute approximate surface area is 192 Å². The van der Waals surface area contributed by atoms with Gasteiger partial charge >= 0.3 is 0 Å². The van der Waals surface area contributed by atoms with Gasteiger partial charge in [0.15, 0.2) is 23.1 Å². The van der Waals surface area contributed by atoms with Crippen molar-refractivity contribution in [3.8, 4) is 17.3 Å². The second-order valence-corrected chi connectivity index (χ2v) is 8.36. The second-order valence-electron chi connectivity index (χ2n) is 8.36. The number of aromatic nitrogens is 5. The molecule has 172 valence electrons. The number of carbonyl (C=O) groups excluding carboxylic acids is 1. The molecule has 0 aliphatic carbocycles. The summed E-state index contributed by atoms with van der Waals surface area (Å²) in [6, 6.07) is 7.81. The fraction of sp³-hybridized carbons (Fsp3) is 0.435. The van der Waals surface area contributed by atoms with E-state index in [2.05, 4.69) is 25.2 Å². The average Bonchev–Trinajstić information content (AvgIpc) is 3.42. The molecule has 33 heavy (non-hydrogen) atoms. The van der Waals surface area contributed by atoms with Gasteiger partial charge in [0.05, 0.1) is 20.1 Å². The van der Waals surface area contributed by atoms with E-state index in [1.165, 1.54) is 11.9 Å². The molecule has 2 aromatic heterocycles. The van der Waals surface area contributed by atoms with Crippen molar-refractivity contribution in [3.05, 3.63) is 48.0 Å². The van der Waals surface area contributed by atoms with Crippen LogP contribution in [0.25, 0.3) is 5.82 Å². The van der Waals surface area contributed by atoms with Gasteiger partial charge in [-0.2, -0.15) is 5.10 Å². The number of anilines is 1. The number of methoxy groups -OCH3 is 2. The first-order valence-electron chi connectivity index (χ1n) is 11.1. The molecule has 0 bridgehead atoms. The molecule has 2 aliphatic heterocycles. The van der Waals surface area contributed by atoms with Crippen molar-refractivity contribution < 1.29 is 14.3 Å². The standard InChI is InChI=1S/C23H27N7O3/c1-32-19-10-16-7-9-29(13-18(16)11-20(19)33-2)23(31)17-4-3-8-28(12-17)21-5-6-22(27-26-21)30-15-24-14-25-30/h5-6,10-11,14-15,17H,3-4,7-9,12-13H2,1-2H3/t17-/m0/s1. The molecule has 1 atom stereocenters. The molecular formula is C23H27N7O3. The van der Waals surface area contributed by atoms with Crippen molar-refractivity contribution in [1.29, 1.82) is 0 Å². The number of ether oxygens (including phenoxy) is 2. The average molecular weight is 450 g/mol. The molecule has 5 rings (SSSR count). The lowest BCUT2D eigenvalue weighted by molar-refractivity contribution is -0.136. The summed E-state index contributed by atoms with van der Waals surface area (Å²) >= 11 is 0. The summed E-state index contributed by atoms with van der Waals surface area (Å²) in [6.45, 7) is 2.81. The number of nitrogens with zero attached hydrogens (tertiary/aromatic N) is 7. The highest BCUT2D eigenvalue weighted by molar-refractivity contribution is 5.80. The zero-order valence-electron chi connectivity index (χ0n) is 18.8. The second kappa shape index (κ2) is 9.05. The van der Waals surface area contributed by atoms with Crippen molar-refractivity contribution in [1.82, 2.24) is 29.9 Å². The van der Waals surface area contributed by atoms with Gasteiger partial charge in [0.25, 0.3) is 0 Å². The van der Waals surface area contributed by atoms with E-state index in [9.17, 15) is 4.79 Å². The molecule has 1 saturated heterocycles. The van der Waals surface area contributed by atoms with Crippen LogP contribution >= 0.6 is 0 Å². The Hall–Kier alpha value is -3.69. The zero-order chi connectivity index (χ0) is 22.8. The van der Waals surface area contributed by atoms with E-state index in [0.29, 0.717) is 31.2 Å². The molecule has 0 N–H and O–H groups in total. The first-order valence-corrected chi connectivity index (χ1v) is 11.1. The largest absolute Gasteiger partial charge is 0.493 e. The summed E-state index contributed by atoms with van der Waals surface area (Å²) in [7, 11) is 3.28. The Balaban J connectivity index is 1.27. The van der Waals surface area contributed by atoms with Crippen molar-refractivity contribution in [2.45, 2.75) is 25.8 Å². The maximum absolute atomic E-state index is 13.4. The van der Waals surface area contributed by atoms with Gasteiger partial charge in [0.1, 0.15) is 12.7 Å². The number of benzene rings is 1. The molecule has 3 aromatic rings. The van der Waals surface area contributed by atoms with Crippen LogP contribution in [0.15, 0.2) is 36.9 Å². The van der Waals surface area contributed by atoms with E-state index in [-0.39, 0.29) is 11.8 Å². The van der Waals surface area contributed by atoms with Gasteiger partial charge in [-0.1, -0.05) is 0 Å². The highest BCUT2D eigenvalue weighted by Gasteiger charge is 2.32. The van der Waals surface area contributed by atoms with E-state index in [4.69, 9.17) is 9.47 Å². The topological polar surface area (TPSA) is 98.5 Å². The first kappa shape index (κ1) is 21.2. The molecule has 1 aromatic carbocycles. The predicted octanol–water partition coefficient (Wildman–Crippen LogP) is 1.88. The van der Waals surface area contributed by atoms with Crippen LogP contribution in [0.1, 0.15) is 24.0 Å². The summed E-state index contributed by atoms with van der Waals surface area (Å²) in [6.07, 6.45) is 5.68. The predicted molar refractivity (Wildman–Crippen MR) is 121 cm³/mol. The number of piperidine rings is 1. The molecule has 1 fully saturated rings. The fourth-order valence-electron chi connectivity index (χ4n) is 4.65. The monoisotopic (exact) mass is 449 g/mol. The van der Waals surface area contributed by atoms with Gasteiger partial charge in [0, 0.05) is 26.2 Å². The number of carbonyl (C=O) groups is 1. The lowest BCUT2D eigenvalue weighted by atomic mass is 9.93. The Morgan fingerprint density at radius 3 is 2.48 bits per heavy atom. The van der Waals surface area contributed by atoms with Gasteiger partial charge in [-0.25, -0.2) is 9.67 Å².